The minimum Gasteiger partial charge on any atom is -0.398 e. The van der Waals surface area contributed by atoms with Crippen molar-refractivity contribution in [1.82, 2.24) is 20.2 Å². The van der Waals surface area contributed by atoms with Gasteiger partial charge in [0.1, 0.15) is 0 Å². The Morgan fingerprint density at radius 3 is 2.75 bits per heavy atom. The summed E-state index contributed by atoms with van der Waals surface area (Å²) in [6.45, 7) is 7.43. The van der Waals surface area contributed by atoms with Crippen LogP contribution in [0.1, 0.15) is 32.3 Å². The molecule has 1 saturated carbocycles. The topological polar surface area (TPSA) is 69.6 Å². The molecule has 0 radical (unpaired) electrons. The molecule has 1 aromatic heterocycles. The second-order valence-corrected chi connectivity index (χ2v) is 6.21. The number of tetrazole rings is 1. The molecule has 0 aliphatic heterocycles. The average molecular weight is 271 g/mol. The Labute approximate surface area is 119 Å². The standard InChI is InChI=1S/C15H21N5/c1-10(2)15(7-8-15)9-20-14(17-18-19-20)12-6-4-5-11(3)13(12)16/h4-6,10H,7-9,16H2,1-3H3. The van der Waals surface area contributed by atoms with Crippen molar-refractivity contribution in [2.75, 3.05) is 5.73 Å². The van der Waals surface area contributed by atoms with Crippen LogP contribution in [-0.4, -0.2) is 20.2 Å². The molecule has 0 spiro atoms. The summed E-state index contributed by atoms with van der Waals surface area (Å²) in [5, 5.41) is 12.2. The van der Waals surface area contributed by atoms with E-state index in [2.05, 4.69) is 29.4 Å². The quantitative estimate of drug-likeness (QED) is 0.868. The van der Waals surface area contributed by atoms with Crippen LogP contribution < -0.4 is 5.73 Å². The fraction of sp³-hybridized carbons (Fsp3) is 0.533. The summed E-state index contributed by atoms with van der Waals surface area (Å²) >= 11 is 0. The number of rotatable bonds is 4. The van der Waals surface area contributed by atoms with Gasteiger partial charge in [-0.1, -0.05) is 26.0 Å². The highest BCUT2D eigenvalue weighted by Crippen LogP contribution is 2.53. The van der Waals surface area contributed by atoms with Crippen LogP contribution in [0.5, 0.6) is 0 Å². The van der Waals surface area contributed by atoms with Crippen molar-refractivity contribution in [2.24, 2.45) is 11.3 Å². The molecule has 1 aliphatic carbocycles. The molecule has 0 atom stereocenters. The lowest BCUT2D eigenvalue weighted by atomic mass is 9.92. The maximum atomic E-state index is 6.17. The van der Waals surface area contributed by atoms with Gasteiger partial charge < -0.3 is 5.73 Å². The van der Waals surface area contributed by atoms with E-state index in [1.807, 2.05) is 29.8 Å². The molecule has 0 amide bonds. The van der Waals surface area contributed by atoms with Crippen molar-refractivity contribution in [2.45, 2.75) is 40.2 Å². The minimum absolute atomic E-state index is 0.364. The zero-order chi connectivity index (χ0) is 14.3. The highest BCUT2D eigenvalue weighted by atomic mass is 15.5. The number of hydrogen-bond donors (Lipinski definition) is 1. The van der Waals surface area contributed by atoms with Gasteiger partial charge in [0, 0.05) is 11.3 Å². The van der Waals surface area contributed by atoms with E-state index in [1.165, 1.54) is 12.8 Å². The van der Waals surface area contributed by atoms with Crippen LogP contribution in [0.4, 0.5) is 5.69 Å². The van der Waals surface area contributed by atoms with Gasteiger partial charge in [-0.05, 0) is 53.2 Å². The first-order valence-electron chi connectivity index (χ1n) is 7.15. The summed E-state index contributed by atoms with van der Waals surface area (Å²) in [7, 11) is 0. The molecule has 106 valence electrons. The van der Waals surface area contributed by atoms with Crippen LogP contribution in [0.3, 0.4) is 0 Å². The first-order valence-corrected chi connectivity index (χ1v) is 7.15. The van der Waals surface area contributed by atoms with E-state index in [-0.39, 0.29) is 0 Å². The molecular weight excluding hydrogens is 250 g/mol. The lowest BCUT2D eigenvalue weighted by Gasteiger charge is -2.20. The van der Waals surface area contributed by atoms with E-state index >= 15 is 0 Å². The van der Waals surface area contributed by atoms with Gasteiger partial charge in [-0.2, -0.15) is 0 Å². The lowest BCUT2D eigenvalue weighted by molar-refractivity contribution is 0.294. The molecule has 0 unspecified atom stereocenters. The third-order valence-electron chi connectivity index (χ3n) is 4.68. The van der Waals surface area contributed by atoms with Crippen molar-refractivity contribution in [3.63, 3.8) is 0 Å². The zero-order valence-electron chi connectivity index (χ0n) is 12.3. The van der Waals surface area contributed by atoms with E-state index < -0.39 is 0 Å². The number of aromatic nitrogens is 4. The number of para-hydroxylation sites is 1. The summed E-state index contributed by atoms with van der Waals surface area (Å²) in [5.41, 5.74) is 9.28. The number of aryl methyl sites for hydroxylation is 1. The average Bonchev–Trinajstić information content (AvgIpc) is 3.06. The van der Waals surface area contributed by atoms with E-state index in [4.69, 9.17) is 5.73 Å². The predicted octanol–water partition coefficient (Wildman–Crippen LogP) is 2.67. The molecule has 20 heavy (non-hydrogen) atoms. The number of nitrogens with two attached hydrogens (primary N) is 1. The van der Waals surface area contributed by atoms with Crippen molar-refractivity contribution >= 4 is 5.69 Å². The van der Waals surface area contributed by atoms with Gasteiger partial charge in [-0.15, -0.1) is 5.10 Å². The number of anilines is 1. The predicted molar refractivity (Wildman–Crippen MR) is 78.9 cm³/mol. The molecule has 1 heterocycles. The molecule has 5 nitrogen and oxygen atoms in total. The van der Waals surface area contributed by atoms with Gasteiger partial charge in [0.25, 0.3) is 0 Å². The van der Waals surface area contributed by atoms with Gasteiger partial charge in [0.2, 0.25) is 0 Å². The molecule has 1 aromatic carbocycles. The molecule has 1 fully saturated rings. The second kappa shape index (κ2) is 4.58. The molecule has 5 heteroatoms. The lowest BCUT2D eigenvalue weighted by Crippen LogP contribution is -2.19. The Hall–Kier alpha value is -1.91. The fourth-order valence-corrected chi connectivity index (χ4v) is 2.76. The first-order chi connectivity index (χ1) is 9.53. The number of benzene rings is 1. The Kier molecular flexibility index (Phi) is 3.00. The highest BCUT2D eigenvalue weighted by molar-refractivity contribution is 5.73. The van der Waals surface area contributed by atoms with Crippen LogP contribution in [0.25, 0.3) is 11.4 Å². The highest BCUT2D eigenvalue weighted by Gasteiger charge is 2.46. The molecule has 0 bridgehead atoms. The molecule has 2 aromatic rings. The Bertz CT molecular complexity index is 625. The van der Waals surface area contributed by atoms with Crippen molar-refractivity contribution in [1.29, 1.82) is 0 Å². The molecule has 1 aliphatic rings. The van der Waals surface area contributed by atoms with Crippen LogP contribution in [0.2, 0.25) is 0 Å². The maximum absolute atomic E-state index is 6.17. The zero-order valence-corrected chi connectivity index (χ0v) is 12.3. The summed E-state index contributed by atoms with van der Waals surface area (Å²) in [6, 6.07) is 5.98. The van der Waals surface area contributed by atoms with E-state index in [9.17, 15) is 0 Å². The SMILES string of the molecule is Cc1cccc(-c2nnnn2CC2(C(C)C)CC2)c1N. The molecular formula is C15H21N5. The molecule has 0 saturated heterocycles. The number of hydrogen-bond acceptors (Lipinski definition) is 4. The Balaban J connectivity index is 1.97. The van der Waals surface area contributed by atoms with Crippen LogP contribution >= 0.6 is 0 Å². The molecule has 2 N–H and O–H groups in total. The van der Waals surface area contributed by atoms with Crippen LogP contribution in [0, 0.1) is 18.3 Å². The van der Waals surface area contributed by atoms with Gasteiger partial charge in [-0.3, -0.25) is 0 Å². The Morgan fingerprint density at radius 1 is 1.35 bits per heavy atom. The fourth-order valence-electron chi connectivity index (χ4n) is 2.76. The summed E-state index contributed by atoms with van der Waals surface area (Å²) < 4.78 is 1.91. The first kappa shape index (κ1) is 13.1. The smallest absolute Gasteiger partial charge is 0.184 e. The summed E-state index contributed by atoms with van der Waals surface area (Å²) in [4.78, 5) is 0. The largest absolute Gasteiger partial charge is 0.398 e. The van der Waals surface area contributed by atoms with Crippen molar-refractivity contribution in [3.8, 4) is 11.4 Å². The van der Waals surface area contributed by atoms with E-state index in [0.717, 1.165) is 29.2 Å². The van der Waals surface area contributed by atoms with E-state index in [1.54, 1.807) is 0 Å². The minimum atomic E-state index is 0.364. The summed E-state index contributed by atoms with van der Waals surface area (Å²) in [6.07, 6.45) is 2.51. The normalized spacial score (nSPS) is 16.6. The van der Waals surface area contributed by atoms with Crippen molar-refractivity contribution < 1.29 is 0 Å². The third kappa shape index (κ3) is 2.07. The number of nitrogens with zero attached hydrogens (tertiary/aromatic N) is 4. The number of nitrogen functional groups attached to an aromatic ring is 1. The second-order valence-electron chi connectivity index (χ2n) is 6.21. The molecule has 3 rings (SSSR count). The monoisotopic (exact) mass is 271 g/mol. The van der Waals surface area contributed by atoms with E-state index in [0.29, 0.717) is 11.3 Å². The Morgan fingerprint density at radius 2 is 2.10 bits per heavy atom. The van der Waals surface area contributed by atoms with Gasteiger partial charge in [-0.25, -0.2) is 4.68 Å². The van der Waals surface area contributed by atoms with Gasteiger partial charge >= 0.3 is 0 Å². The van der Waals surface area contributed by atoms with Gasteiger partial charge in [0.05, 0.1) is 6.54 Å². The van der Waals surface area contributed by atoms with Crippen molar-refractivity contribution in [3.05, 3.63) is 23.8 Å². The van der Waals surface area contributed by atoms with Gasteiger partial charge in [0.15, 0.2) is 5.82 Å². The maximum Gasteiger partial charge on any atom is 0.184 e. The third-order valence-corrected chi connectivity index (χ3v) is 4.68. The van der Waals surface area contributed by atoms with Crippen LogP contribution in [0.15, 0.2) is 18.2 Å². The van der Waals surface area contributed by atoms with Crippen LogP contribution in [-0.2, 0) is 6.54 Å². The summed E-state index contributed by atoms with van der Waals surface area (Å²) in [5.74, 6) is 1.42.